The van der Waals surface area contributed by atoms with Crippen molar-refractivity contribution in [2.75, 3.05) is 33.0 Å². The van der Waals surface area contributed by atoms with Crippen molar-refractivity contribution in [3.8, 4) is 5.75 Å². The van der Waals surface area contributed by atoms with E-state index in [0.717, 1.165) is 18.6 Å². The standard InChI is InChI=1S/C33H58O6P2/c1-3-5-7-9-11-12-13-14-16-18-22-26-34-40-35-27-33(28-36-40)29-37-41(38-30-33)39-32-25-21-20-24-31(32)23-19-17-15-10-8-6-4-2/h20-21,24-25H,3-19,22-23,26-30H2,1-2H3. The molecule has 0 saturated carbocycles. The largest absolute Gasteiger partial charge is 0.426 e. The van der Waals surface area contributed by atoms with Crippen molar-refractivity contribution in [2.24, 2.45) is 5.41 Å². The molecule has 41 heavy (non-hydrogen) atoms. The molecule has 1 aromatic rings. The van der Waals surface area contributed by atoms with Gasteiger partial charge >= 0.3 is 17.2 Å². The first kappa shape index (κ1) is 35.2. The summed E-state index contributed by atoms with van der Waals surface area (Å²) in [7, 11) is -2.68. The molecule has 0 unspecified atom stereocenters. The van der Waals surface area contributed by atoms with Gasteiger partial charge in [0.15, 0.2) is 0 Å². The number of benzene rings is 1. The van der Waals surface area contributed by atoms with Crippen LogP contribution in [0, 0.1) is 5.41 Å². The Hall–Kier alpha value is -0.320. The molecule has 2 aliphatic rings. The lowest BCUT2D eigenvalue weighted by atomic mass is 9.93. The lowest BCUT2D eigenvalue weighted by molar-refractivity contribution is -0.0719. The van der Waals surface area contributed by atoms with Crippen LogP contribution in [0.15, 0.2) is 24.3 Å². The van der Waals surface area contributed by atoms with E-state index in [1.807, 2.05) is 12.1 Å². The maximum absolute atomic E-state index is 6.20. The van der Waals surface area contributed by atoms with Crippen molar-refractivity contribution in [1.82, 2.24) is 0 Å². The van der Waals surface area contributed by atoms with Crippen LogP contribution in [0.1, 0.15) is 135 Å². The van der Waals surface area contributed by atoms with Gasteiger partial charge in [-0.05, 0) is 30.9 Å². The Bertz CT molecular complexity index is 764. The number of para-hydroxylation sites is 1. The van der Waals surface area contributed by atoms with Gasteiger partial charge < -0.3 is 27.1 Å². The number of hydrogen-bond donors (Lipinski definition) is 0. The minimum Gasteiger partial charge on any atom is -0.426 e. The highest BCUT2D eigenvalue weighted by molar-refractivity contribution is 7.42. The normalized spacial score (nSPS) is 22.8. The first-order valence-electron chi connectivity index (χ1n) is 16.8. The monoisotopic (exact) mass is 612 g/mol. The molecule has 1 aromatic carbocycles. The van der Waals surface area contributed by atoms with Gasteiger partial charge in [-0.25, -0.2) is 0 Å². The van der Waals surface area contributed by atoms with E-state index in [1.165, 1.54) is 115 Å². The molecule has 1 spiro atoms. The fourth-order valence-electron chi connectivity index (χ4n) is 5.27. The molecule has 2 saturated heterocycles. The SMILES string of the molecule is CCCCCCCCCCCCCOP1OCC2(CO1)COP(Oc1ccccc1CCCCCCCCC)OC2. The van der Waals surface area contributed by atoms with Crippen LogP contribution in [0.25, 0.3) is 0 Å². The van der Waals surface area contributed by atoms with Crippen molar-refractivity contribution in [2.45, 2.75) is 136 Å². The molecule has 6 nitrogen and oxygen atoms in total. The Kier molecular flexibility index (Phi) is 19.1. The summed E-state index contributed by atoms with van der Waals surface area (Å²) in [5, 5.41) is 0. The van der Waals surface area contributed by atoms with Crippen LogP contribution in [0.4, 0.5) is 0 Å². The predicted octanol–water partition coefficient (Wildman–Crippen LogP) is 11.2. The number of aryl methyl sites for hydroxylation is 1. The van der Waals surface area contributed by atoms with Crippen LogP contribution in [0.5, 0.6) is 5.75 Å². The molecule has 2 fully saturated rings. The van der Waals surface area contributed by atoms with E-state index < -0.39 is 17.2 Å². The molecule has 0 N–H and O–H groups in total. The van der Waals surface area contributed by atoms with E-state index in [1.54, 1.807) is 0 Å². The topological polar surface area (TPSA) is 55.4 Å². The lowest BCUT2D eigenvalue weighted by Gasteiger charge is -2.41. The quantitative estimate of drug-likeness (QED) is 0.0905. The van der Waals surface area contributed by atoms with Crippen LogP contribution < -0.4 is 4.52 Å². The zero-order chi connectivity index (χ0) is 28.9. The van der Waals surface area contributed by atoms with Crippen LogP contribution in [-0.2, 0) is 29.0 Å². The third-order valence-corrected chi connectivity index (χ3v) is 10.1. The highest BCUT2D eigenvalue weighted by Crippen LogP contribution is 2.53. The minimum atomic E-state index is -1.42. The smallest absolute Gasteiger partial charge is 0.397 e. The van der Waals surface area contributed by atoms with Gasteiger partial charge in [0.2, 0.25) is 0 Å². The third kappa shape index (κ3) is 14.8. The van der Waals surface area contributed by atoms with Gasteiger partial charge in [-0.15, -0.1) is 0 Å². The summed E-state index contributed by atoms with van der Waals surface area (Å²) in [4.78, 5) is 0. The maximum Gasteiger partial charge on any atom is 0.397 e. The van der Waals surface area contributed by atoms with Crippen molar-refractivity contribution in [1.29, 1.82) is 0 Å². The Balaban J connectivity index is 1.21. The highest BCUT2D eigenvalue weighted by Gasteiger charge is 2.44. The van der Waals surface area contributed by atoms with Crippen molar-refractivity contribution in [3.63, 3.8) is 0 Å². The van der Waals surface area contributed by atoms with E-state index in [9.17, 15) is 0 Å². The minimum absolute atomic E-state index is 0.280. The Labute approximate surface area is 253 Å². The first-order chi connectivity index (χ1) is 20.2. The van der Waals surface area contributed by atoms with E-state index in [2.05, 4.69) is 26.0 Å². The molecule has 0 aromatic heterocycles. The molecule has 0 radical (unpaired) electrons. The van der Waals surface area contributed by atoms with Crippen molar-refractivity contribution < 1.29 is 27.1 Å². The van der Waals surface area contributed by atoms with Gasteiger partial charge in [0.05, 0.1) is 38.4 Å². The number of unbranched alkanes of at least 4 members (excludes halogenated alkanes) is 16. The van der Waals surface area contributed by atoms with Crippen LogP contribution >= 0.6 is 17.2 Å². The molecule has 0 bridgehead atoms. The highest BCUT2D eigenvalue weighted by atomic mass is 31.2. The molecule has 3 rings (SSSR count). The second-order valence-electron chi connectivity index (χ2n) is 12.0. The Morgan fingerprint density at radius 1 is 0.585 bits per heavy atom. The van der Waals surface area contributed by atoms with Crippen LogP contribution in [0.3, 0.4) is 0 Å². The molecular weight excluding hydrogens is 554 g/mol. The molecule has 0 amide bonds. The van der Waals surface area contributed by atoms with Gasteiger partial charge in [-0.2, -0.15) is 0 Å². The molecule has 2 aliphatic heterocycles. The van der Waals surface area contributed by atoms with E-state index in [-0.39, 0.29) is 5.41 Å². The summed E-state index contributed by atoms with van der Waals surface area (Å²) in [6.45, 7) is 7.35. The summed E-state index contributed by atoms with van der Waals surface area (Å²) in [5.41, 5.74) is 0.957. The average molecular weight is 613 g/mol. The second-order valence-corrected chi connectivity index (χ2v) is 14.3. The zero-order valence-corrected chi connectivity index (χ0v) is 27.9. The Morgan fingerprint density at radius 2 is 1.05 bits per heavy atom. The zero-order valence-electron chi connectivity index (χ0n) is 26.1. The molecule has 2 heterocycles. The molecule has 8 heteroatoms. The van der Waals surface area contributed by atoms with Gasteiger partial charge in [0, 0.05) is 0 Å². The van der Waals surface area contributed by atoms with E-state index in [4.69, 9.17) is 27.1 Å². The number of hydrogen-bond acceptors (Lipinski definition) is 6. The summed E-state index contributed by atoms with van der Waals surface area (Å²) in [6.07, 6.45) is 24.8. The van der Waals surface area contributed by atoms with Crippen molar-refractivity contribution in [3.05, 3.63) is 29.8 Å². The second kappa shape index (κ2) is 22.2. The van der Waals surface area contributed by atoms with E-state index in [0.29, 0.717) is 33.0 Å². The van der Waals surface area contributed by atoms with Crippen molar-refractivity contribution >= 4 is 17.2 Å². The molecule has 0 aliphatic carbocycles. The first-order valence-corrected chi connectivity index (χ1v) is 18.9. The third-order valence-electron chi connectivity index (χ3n) is 8.04. The average Bonchev–Trinajstić information content (AvgIpc) is 3.00. The summed E-state index contributed by atoms with van der Waals surface area (Å²) >= 11 is 0. The molecule has 236 valence electrons. The van der Waals surface area contributed by atoms with Gasteiger partial charge in [-0.1, -0.05) is 135 Å². The van der Waals surface area contributed by atoms with Gasteiger partial charge in [-0.3, -0.25) is 0 Å². The fraction of sp³-hybridized carbons (Fsp3) is 0.818. The summed E-state index contributed by atoms with van der Waals surface area (Å²) in [5.74, 6) is 0.885. The summed E-state index contributed by atoms with van der Waals surface area (Å²) in [6, 6.07) is 8.30. The van der Waals surface area contributed by atoms with Crippen LogP contribution in [-0.4, -0.2) is 33.0 Å². The maximum atomic E-state index is 6.20. The Morgan fingerprint density at radius 3 is 1.61 bits per heavy atom. The predicted molar refractivity (Wildman–Crippen MR) is 171 cm³/mol. The lowest BCUT2D eigenvalue weighted by Crippen LogP contribution is -2.45. The van der Waals surface area contributed by atoms with E-state index >= 15 is 0 Å². The number of rotatable bonds is 23. The summed E-state index contributed by atoms with van der Waals surface area (Å²) < 4.78 is 36.1. The molecular formula is C33H58O6P2. The fourth-order valence-corrected chi connectivity index (χ4v) is 7.81. The van der Waals surface area contributed by atoms with Gasteiger partial charge in [0.1, 0.15) is 5.75 Å². The van der Waals surface area contributed by atoms with Gasteiger partial charge in [0.25, 0.3) is 0 Å². The molecule has 0 atom stereocenters. The van der Waals surface area contributed by atoms with Crippen LogP contribution in [0.2, 0.25) is 0 Å².